The van der Waals surface area contributed by atoms with Gasteiger partial charge in [-0.2, -0.15) is 9.40 Å². The van der Waals surface area contributed by atoms with Gasteiger partial charge in [0.2, 0.25) is 15.8 Å². The number of anilines is 1. The summed E-state index contributed by atoms with van der Waals surface area (Å²) in [6.07, 6.45) is 0. The van der Waals surface area contributed by atoms with Crippen LogP contribution in [-0.4, -0.2) is 69.7 Å². The largest absolute Gasteiger partial charge is 0.475 e. The maximum Gasteiger partial charge on any atom is 0.372 e. The number of aryl methyl sites for hydroxylation is 3. The first-order valence-electron chi connectivity index (χ1n) is 12.5. The molecule has 0 bridgehead atoms. The molecule has 0 saturated carbocycles. The Labute approximate surface area is 224 Å². The van der Waals surface area contributed by atoms with E-state index in [1.54, 1.807) is 11.6 Å². The number of carboxylic acid groups (broad SMARTS) is 1. The molecule has 2 aromatic carbocycles. The Bertz CT molecular complexity index is 1870. The number of fused-ring (bicyclic) bond motifs is 2. The molecule has 0 amide bonds. The number of rotatable bonds is 5. The smallest absolute Gasteiger partial charge is 0.372 e. The predicted molar refractivity (Wildman–Crippen MR) is 145 cm³/mol. The summed E-state index contributed by atoms with van der Waals surface area (Å²) >= 11 is 0. The van der Waals surface area contributed by atoms with Crippen LogP contribution in [0.5, 0.6) is 0 Å². The van der Waals surface area contributed by atoms with Crippen LogP contribution in [0, 0.1) is 20.8 Å². The van der Waals surface area contributed by atoms with Gasteiger partial charge in [-0.05, 0) is 57.2 Å². The third-order valence-corrected chi connectivity index (χ3v) is 8.92. The molecule has 0 spiro atoms. The molecule has 5 aromatic rings. The minimum atomic E-state index is -3.82. The van der Waals surface area contributed by atoms with E-state index in [1.807, 2.05) is 49.1 Å². The highest BCUT2D eigenvalue weighted by molar-refractivity contribution is 7.89. The van der Waals surface area contributed by atoms with E-state index < -0.39 is 16.0 Å². The van der Waals surface area contributed by atoms with Crippen LogP contribution in [0.1, 0.15) is 27.5 Å². The molecule has 12 heteroatoms. The molecule has 39 heavy (non-hydrogen) atoms. The van der Waals surface area contributed by atoms with Crippen molar-refractivity contribution in [1.29, 1.82) is 0 Å². The third kappa shape index (κ3) is 4.21. The van der Waals surface area contributed by atoms with Gasteiger partial charge in [0.15, 0.2) is 11.6 Å². The van der Waals surface area contributed by atoms with Crippen molar-refractivity contribution < 1.29 is 22.7 Å². The van der Waals surface area contributed by atoms with Gasteiger partial charge in [0.05, 0.1) is 21.6 Å². The van der Waals surface area contributed by atoms with E-state index in [4.69, 9.17) is 14.4 Å². The SMILES string of the molecule is Cc1cc(C)n(-c2nc3ccccc3nc2N2CCN(S(=O)(=O)c3ccc4oc(C(=O)O)c(C)c4c3)CC2)n1. The molecule has 1 fully saturated rings. The standard InChI is InChI=1S/C27H26N6O5S/c1-16-14-17(2)33(30-16)26-25(28-21-6-4-5-7-22(21)29-26)31-10-12-32(13-11-31)39(36,37)19-8-9-23-20(15-19)18(3)24(38-23)27(34)35/h4-9,14-15H,10-13H2,1-3H3,(H,34,35). The summed E-state index contributed by atoms with van der Waals surface area (Å²) in [7, 11) is -3.82. The number of carbonyl (C=O) groups is 1. The molecular weight excluding hydrogens is 520 g/mol. The molecule has 1 saturated heterocycles. The van der Waals surface area contributed by atoms with Crippen molar-refractivity contribution >= 4 is 43.8 Å². The Hall–Kier alpha value is -4.29. The lowest BCUT2D eigenvalue weighted by Gasteiger charge is -2.35. The topological polar surface area (TPSA) is 135 Å². The van der Waals surface area contributed by atoms with E-state index in [-0.39, 0.29) is 23.7 Å². The van der Waals surface area contributed by atoms with Crippen LogP contribution in [0.2, 0.25) is 0 Å². The molecule has 0 aliphatic carbocycles. The zero-order valence-electron chi connectivity index (χ0n) is 21.6. The Kier molecular flexibility index (Phi) is 5.88. The number of carboxylic acids is 1. The molecular formula is C27H26N6O5S. The van der Waals surface area contributed by atoms with Crippen molar-refractivity contribution in [2.24, 2.45) is 0 Å². The first-order valence-corrected chi connectivity index (χ1v) is 13.9. The Morgan fingerprint density at radius 3 is 2.21 bits per heavy atom. The first kappa shape index (κ1) is 25.0. The van der Waals surface area contributed by atoms with Gasteiger partial charge in [0.1, 0.15) is 5.58 Å². The highest BCUT2D eigenvalue weighted by atomic mass is 32.2. The zero-order valence-corrected chi connectivity index (χ0v) is 22.4. The van der Waals surface area contributed by atoms with Crippen LogP contribution in [0.25, 0.3) is 27.8 Å². The quantitative estimate of drug-likeness (QED) is 0.350. The molecule has 11 nitrogen and oxygen atoms in total. The average Bonchev–Trinajstić information content (AvgIpc) is 3.45. The van der Waals surface area contributed by atoms with Crippen LogP contribution in [0.3, 0.4) is 0 Å². The minimum absolute atomic E-state index is 0.0955. The summed E-state index contributed by atoms with van der Waals surface area (Å²) in [5.41, 5.74) is 4.02. The summed E-state index contributed by atoms with van der Waals surface area (Å²) in [6, 6.07) is 14.0. The van der Waals surface area contributed by atoms with Gasteiger partial charge in [-0.3, -0.25) is 0 Å². The number of piperazine rings is 1. The molecule has 0 atom stereocenters. The number of hydrogen-bond donors (Lipinski definition) is 1. The van der Waals surface area contributed by atoms with E-state index in [1.165, 1.54) is 22.5 Å². The number of aromatic nitrogens is 4. The van der Waals surface area contributed by atoms with Crippen LogP contribution in [0.4, 0.5) is 5.82 Å². The lowest BCUT2D eigenvalue weighted by Crippen LogP contribution is -2.49. The van der Waals surface area contributed by atoms with E-state index >= 15 is 0 Å². The summed E-state index contributed by atoms with van der Waals surface area (Å²) in [4.78, 5) is 23.4. The third-order valence-electron chi connectivity index (χ3n) is 7.02. The molecule has 1 aliphatic rings. The number of para-hydroxylation sites is 2. The van der Waals surface area contributed by atoms with Crippen molar-refractivity contribution in [2.45, 2.75) is 25.7 Å². The summed E-state index contributed by atoms with van der Waals surface area (Å²) < 4.78 is 35.7. The molecule has 3 aromatic heterocycles. The number of hydrogen-bond acceptors (Lipinski definition) is 8. The summed E-state index contributed by atoms with van der Waals surface area (Å²) in [5.74, 6) is -0.136. The molecule has 200 valence electrons. The van der Waals surface area contributed by atoms with Crippen molar-refractivity contribution in [1.82, 2.24) is 24.1 Å². The number of benzene rings is 2. The van der Waals surface area contributed by atoms with E-state index in [0.717, 1.165) is 22.4 Å². The van der Waals surface area contributed by atoms with Gasteiger partial charge >= 0.3 is 5.97 Å². The van der Waals surface area contributed by atoms with E-state index in [0.29, 0.717) is 41.3 Å². The average molecular weight is 547 g/mol. The number of aromatic carboxylic acids is 1. The van der Waals surface area contributed by atoms with Gasteiger partial charge in [0, 0.05) is 42.8 Å². The van der Waals surface area contributed by atoms with E-state index in [9.17, 15) is 18.3 Å². The first-order chi connectivity index (χ1) is 18.6. The fourth-order valence-corrected chi connectivity index (χ4v) is 6.48. The van der Waals surface area contributed by atoms with Gasteiger partial charge < -0.3 is 14.4 Å². The maximum absolute atomic E-state index is 13.6. The Morgan fingerprint density at radius 1 is 0.923 bits per heavy atom. The van der Waals surface area contributed by atoms with Crippen molar-refractivity contribution in [3.63, 3.8) is 0 Å². The lowest BCUT2D eigenvalue weighted by molar-refractivity contribution is 0.0664. The second-order valence-corrected chi connectivity index (χ2v) is 11.5. The molecule has 4 heterocycles. The fourth-order valence-electron chi connectivity index (χ4n) is 5.03. The fraction of sp³-hybridized carbons (Fsp3) is 0.259. The number of furan rings is 1. The molecule has 1 N–H and O–H groups in total. The van der Waals surface area contributed by atoms with Crippen LogP contribution < -0.4 is 4.90 Å². The predicted octanol–water partition coefficient (Wildman–Crippen LogP) is 3.70. The number of sulfonamides is 1. The van der Waals surface area contributed by atoms with Gasteiger partial charge in [0.25, 0.3) is 0 Å². The normalized spacial score (nSPS) is 14.9. The molecule has 1 aliphatic heterocycles. The van der Waals surface area contributed by atoms with E-state index in [2.05, 4.69) is 5.10 Å². The summed E-state index contributed by atoms with van der Waals surface area (Å²) in [5, 5.41) is 14.4. The van der Waals surface area contributed by atoms with Crippen LogP contribution in [0.15, 0.2) is 57.8 Å². The summed E-state index contributed by atoms with van der Waals surface area (Å²) in [6.45, 7) is 6.81. The highest BCUT2D eigenvalue weighted by Crippen LogP contribution is 2.31. The maximum atomic E-state index is 13.6. The second-order valence-electron chi connectivity index (χ2n) is 9.61. The number of nitrogens with zero attached hydrogens (tertiary/aromatic N) is 6. The molecule has 6 rings (SSSR count). The molecule has 0 unspecified atom stereocenters. The van der Waals surface area contributed by atoms with Gasteiger partial charge in [-0.25, -0.2) is 27.9 Å². The Balaban J connectivity index is 1.31. The zero-order chi connectivity index (χ0) is 27.5. The van der Waals surface area contributed by atoms with Crippen LogP contribution >= 0.6 is 0 Å². The van der Waals surface area contributed by atoms with Gasteiger partial charge in [-0.15, -0.1) is 0 Å². The monoisotopic (exact) mass is 546 g/mol. The van der Waals surface area contributed by atoms with Crippen molar-refractivity contribution in [3.8, 4) is 5.82 Å². The van der Waals surface area contributed by atoms with Gasteiger partial charge in [-0.1, -0.05) is 12.1 Å². The van der Waals surface area contributed by atoms with Crippen molar-refractivity contribution in [2.75, 3.05) is 31.1 Å². The second kappa shape index (κ2) is 9.17. The van der Waals surface area contributed by atoms with Crippen LogP contribution in [-0.2, 0) is 10.0 Å². The Morgan fingerprint density at radius 2 is 1.59 bits per heavy atom. The lowest BCUT2D eigenvalue weighted by atomic mass is 10.1. The van der Waals surface area contributed by atoms with Crippen molar-refractivity contribution in [3.05, 3.63) is 71.2 Å². The molecule has 0 radical (unpaired) electrons. The highest BCUT2D eigenvalue weighted by Gasteiger charge is 2.31. The minimum Gasteiger partial charge on any atom is -0.475 e.